The Kier molecular flexibility index (Phi) is 5.28. The molecule has 0 aliphatic heterocycles. The molecular weight excluding hydrogens is 362 g/mol. The predicted octanol–water partition coefficient (Wildman–Crippen LogP) is 3.97. The second-order valence-corrected chi connectivity index (χ2v) is 5.36. The number of para-hydroxylation sites is 1. The standard InChI is InChI=1S/C13H13Br2NO2/c14-11-4-1-5-12(15)13(11)18-8-6-16-9-10-3-2-7-17-10/h1-5,7,16H,6,8-9H2. The highest BCUT2D eigenvalue weighted by molar-refractivity contribution is 9.11. The summed E-state index contributed by atoms with van der Waals surface area (Å²) in [6.07, 6.45) is 1.67. The van der Waals surface area contributed by atoms with Crippen LogP contribution in [-0.4, -0.2) is 13.2 Å². The van der Waals surface area contributed by atoms with E-state index in [1.165, 1.54) is 0 Å². The fourth-order valence-corrected chi connectivity index (χ4v) is 2.70. The lowest BCUT2D eigenvalue weighted by molar-refractivity contribution is 0.307. The molecule has 0 saturated heterocycles. The van der Waals surface area contributed by atoms with Gasteiger partial charge in [-0.2, -0.15) is 0 Å². The quantitative estimate of drug-likeness (QED) is 0.776. The lowest BCUT2D eigenvalue weighted by Gasteiger charge is -2.10. The molecule has 2 aromatic rings. The van der Waals surface area contributed by atoms with Gasteiger partial charge in [-0.1, -0.05) is 6.07 Å². The van der Waals surface area contributed by atoms with E-state index in [-0.39, 0.29) is 0 Å². The van der Waals surface area contributed by atoms with E-state index in [9.17, 15) is 0 Å². The first-order valence-corrected chi connectivity index (χ1v) is 7.16. The molecule has 0 amide bonds. The highest BCUT2D eigenvalue weighted by Gasteiger charge is 2.05. The Morgan fingerprint density at radius 3 is 2.56 bits per heavy atom. The molecule has 0 fully saturated rings. The maximum atomic E-state index is 5.70. The van der Waals surface area contributed by atoms with Gasteiger partial charge in [0.05, 0.1) is 21.8 Å². The second kappa shape index (κ2) is 6.97. The zero-order valence-electron chi connectivity index (χ0n) is 9.66. The summed E-state index contributed by atoms with van der Waals surface area (Å²) < 4.78 is 12.8. The molecule has 1 N–H and O–H groups in total. The van der Waals surface area contributed by atoms with Crippen molar-refractivity contribution in [3.05, 3.63) is 51.3 Å². The van der Waals surface area contributed by atoms with Gasteiger partial charge >= 0.3 is 0 Å². The Morgan fingerprint density at radius 1 is 1.11 bits per heavy atom. The van der Waals surface area contributed by atoms with Gasteiger partial charge < -0.3 is 14.5 Å². The SMILES string of the molecule is Brc1cccc(Br)c1OCCNCc1ccco1. The van der Waals surface area contributed by atoms with E-state index in [2.05, 4.69) is 37.2 Å². The van der Waals surface area contributed by atoms with Crippen LogP contribution in [0.4, 0.5) is 0 Å². The Hall–Kier alpha value is -0.780. The van der Waals surface area contributed by atoms with Crippen LogP contribution in [0.5, 0.6) is 5.75 Å². The smallest absolute Gasteiger partial charge is 0.147 e. The zero-order chi connectivity index (χ0) is 12.8. The number of furan rings is 1. The molecule has 3 nitrogen and oxygen atoms in total. The van der Waals surface area contributed by atoms with E-state index >= 15 is 0 Å². The molecule has 2 rings (SSSR count). The van der Waals surface area contributed by atoms with Gasteiger partial charge in [0.25, 0.3) is 0 Å². The maximum Gasteiger partial charge on any atom is 0.147 e. The van der Waals surface area contributed by atoms with Crippen LogP contribution < -0.4 is 10.1 Å². The number of hydrogen-bond donors (Lipinski definition) is 1. The van der Waals surface area contributed by atoms with Crippen LogP contribution in [0, 0.1) is 0 Å². The van der Waals surface area contributed by atoms with Crippen LogP contribution >= 0.6 is 31.9 Å². The predicted molar refractivity (Wildman–Crippen MR) is 77.8 cm³/mol. The summed E-state index contributed by atoms with van der Waals surface area (Å²) in [7, 11) is 0. The number of rotatable bonds is 6. The van der Waals surface area contributed by atoms with E-state index in [4.69, 9.17) is 9.15 Å². The summed E-state index contributed by atoms with van der Waals surface area (Å²) in [6.45, 7) is 2.07. The van der Waals surface area contributed by atoms with Crippen LogP contribution in [0.3, 0.4) is 0 Å². The van der Waals surface area contributed by atoms with Gasteiger partial charge in [0, 0.05) is 6.54 Å². The molecule has 0 bridgehead atoms. The van der Waals surface area contributed by atoms with E-state index in [0.717, 1.165) is 27.0 Å². The molecule has 0 unspecified atom stereocenters. The molecule has 0 spiro atoms. The lowest BCUT2D eigenvalue weighted by atomic mass is 10.3. The Labute approximate surface area is 123 Å². The van der Waals surface area contributed by atoms with Crippen molar-refractivity contribution < 1.29 is 9.15 Å². The van der Waals surface area contributed by atoms with Crippen molar-refractivity contribution >= 4 is 31.9 Å². The van der Waals surface area contributed by atoms with Gasteiger partial charge in [-0.25, -0.2) is 0 Å². The van der Waals surface area contributed by atoms with Crippen molar-refractivity contribution in [3.63, 3.8) is 0 Å². The van der Waals surface area contributed by atoms with Crippen LogP contribution in [0.25, 0.3) is 0 Å². The summed E-state index contributed by atoms with van der Waals surface area (Å²) in [5.41, 5.74) is 0. The molecule has 0 atom stereocenters. The summed E-state index contributed by atoms with van der Waals surface area (Å²) >= 11 is 6.91. The summed E-state index contributed by atoms with van der Waals surface area (Å²) in [6, 6.07) is 9.69. The van der Waals surface area contributed by atoms with Crippen LogP contribution in [-0.2, 0) is 6.54 Å². The van der Waals surface area contributed by atoms with Crippen molar-refractivity contribution in [2.24, 2.45) is 0 Å². The van der Waals surface area contributed by atoms with Gasteiger partial charge in [-0.05, 0) is 56.1 Å². The van der Waals surface area contributed by atoms with Crippen molar-refractivity contribution in [1.29, 1.82) is 0 Å². The first-order valence-electron chi connectivity index (χ1n) is 5.57. The summed E-state index contributed by atoms with van der Waals surface area (Å²) in [4.78, 5) is 0. The van der Waals surface area contributed by atoms with E-state index in [0.29, 0.717) is 13.2 Å². The Balaban J connectivity index is 1.72. The van der Waals surface area contributed by atoms with Gasteiger partial charge in [0.1, 0.15) is 18.1 Å². The molecule has 1 aromatic heterocycles. The highest BCUT2D eigenvalue weighted by Crippen LogP contribution is 2.32. The highest BCUT2D eigenvalue weighted by atomic mass is 79.9. The first-order chi connectivity index (χ1) is 8.77. The minimum atomic E-state index is 0.599. The first kappa shape index (κ1) is 13.6. The number of ether oxygens (including phenoxy) is 1. The van der Waals surface area contributed by atoms with Crippen molar-refractivity contribution in [2.45, 2.75) is 6.54 Å². The Bertz CT molecular complexity index is 465. The number of nitrogens with one attached hydrogen (secondary N) is 1. The third-order valence-corrected chi connectivity index (χ3v) is 3.57. The molecule has 18 heavy (non-hydrogen) atoms. The van der Waals surface area contributed by atoms with Crippen molar-refractivity contribution in [2.75, 3.05) is 13.2 Å². The fourth-order valence-electron chi connectivity index (χ4n) is 1.47. The number of benzene rings is 1. The normalized spacial score (nSPS) is 10.6. The average Bonchev–Trinajstić information content (AvgIpc) is 2.85. The van der Waals surface area contributed by atoms with Crippen LogP contribution in [0.1, 0.15) is 5.76 Å². The van der Waals surface area contributed by atoms with Crippen LogP contribution in [0.15, 0.2) is 50.0 Å². The molecule has 0 radical (unpaired) electrons. The molecule has 0 aliphatic rings. The van der Waals surface area contributed by atoms with E-state index in [1.807, 2.05) is 30.3 Å². The van der Waals surface area contributed by atoms with Gasteiger partial charge in [-0.15, -0.1) is 0 Å². The molecular formula is C13H13Br2NO2. The number of hydrogen-bond acceptors (Lipinski definition) is 3. The zero-order valence-corrected chi connectivity index (χ0v) is 12.8. The van der Waals surface area contributed by atoms with Gasteiger partial charge in [0.15, 0.2) is 0 Å². The van der Waals surface area contributed by atoms with Crippen molar-refractivity contribution in [3.8, 4) is 5.75 Å². The Morgan fingerprint density at radius 2 is 1.89 bits per heavy atom. The van der Waals surface area contributed by atoms with E-state index < -0.39 is 0 Å². The molecule has 5 heteroatoms. The number of halogens is 2. The molecule has 0 saturated carbocycles. The third-order valence-electron chi connectivity index (χ3n) is 2.32. The summed E-state index contributed by atoms with van der Waals surface area (Å²) in [5, 5.41) is 3.25. The molecule has 0 aliphatic carbocycles. The average molecular weight is 375 g/mol. The molecule has 1 aromatic carbocycles. The minimum absolute atomic E-state index is 0.599. The molecule has 96 valence electrons. The summed E-state index contributed by atoms with van der Waals surface area (Å²) in [5.74, 6) is 1.76. The van der Waals surface area contributed by atoms with Crippen molar-refractivity contribution in [1.82, 2.24) is 5.32 Å². The monoisotopic (exact) mass is 373 g/mol. The van der Waals surface area contributed by atoms with E-state index in [1.54, 1.807) is 6.26 Å². The third kappa shape index (κ3) is 3.86. The fraction of sp³-hybridized carbons (Fsp3) is 0.231. The second-order valence-electron chi connectivity index (χ2n) is 3.66. The van der Waals surface area contributed by atoms with Crippen LogP contribution in [0.2, 0.25) is 0 Å². The topological polar surface area (TPSA) is 34.4 Å². The minimum Gasteiger partial charge on any atom is -0.490 e. The largest absolute Gasteiger partial charge is 0.490 e. The lowest BCUT2D eigenvalue weighted by Crippen LogP contribution is -2.20. The van der Waals surface area contributed by atoms with Gasteiger partial charge in [-0.3, -0.25) is 0 Å². The molecule has 1 heterocycles. The van der Waals surface area contributed by atoms with Gasteiger partial charge in [0.2, 0.25) is 0 Å². The maximum absolute atomic E-state index is 5.70.